The summed E-state index contributed by atoms with van der Waals surface area (Å²) in [6, 6.07) is 10.4. The molecular formula is C19H19Cl2N3O3S3. The normalized spacial score (nSPS) is 16.1. The molecule has 0 N–H and O–H groups in total. The third-order valence-electron chi connectivity index (χ3n) is 4.63. The van der Waals surface area contributed by atoms with Crippen molar-refractivity contribution in [3.8, 4) is 5.75 Å². The van der Waals surface area contributed by atoms with Gasteiger partial charge in [0, 0.05) is 43.1 Å². The van der Waals surface area contributed by atoms with Crippen LogP contribution in [0.25, 0.3) is 0 Å². The average Bonchev–Trinajstić information content (AvgIpc) is 3.37. The number of nitrogens with zero attached hydrogens (tertiary/aromatic N) is 3. The predicted octanol–water partition coefficient (Wildman–Crippen LogP) is 4.60. The Morgan fingerprint density at radius 2 is 1.77 bits per heavy atom. The summed E-state index contributed by atoms with van der Waals surface area (Å²) < 4.78 is 33.4. The molecule has 160 valence electrons. The number of thiophene rings is 1. The van der Waals surface area contributed by atoms with Gasteiger partial charge in [-0.25, -0.2) is 13.4 Å². The molecule has 3 aromatic rings. The molecule has 3 heterocycles. The molecule has 1 aromatic carbocycles. The minimum Gasteiger partial charge on any atom is -0.486 e. The van der Waals surface area contributed by atoms with Crippen LogP contribution in [0.4, 0.5) is 0 Å². The highest BCUT2D eigenvalue weighted by molar-refractivity contribution is 7.91. The Morgan fingerprint density at radius 1 is 1.03 bits per heavy atom. The van der Waals surface area contributed by atoms with E-state index in [1.54, 1.807) is 35.6 Å². The van der Waals surface area contributed by atoms with Gasteiger partial charge >= 0.3 is 0 Å². The average molecular weight is 504 g/mol. The van der Waals surface area contributed by atoms with Crippen molar-refractivity contribution in [3.63, 3.8) is 0 Å². The highest BCUT2D eigenvalue weighted by Crippen LogP contribution is 2.28. The first-order chi connectivity index (χ1) is 14.4. The molecule has 11 heteroatoms. The van der Waals surface area contributed by atoms with Crippen molar-refractivity contribution in [2.45, 2.75) is 17.4 Å². The van der Waals surface area contributed by atoms with Gasteiger partial charge in [0.25, 0.3) is 10.0 Å². The summed E-state index contributed by atoms with van der Waals surface area (Å²) in [6.45, 7) is 3.32. The molecule has 1 fully saturated rings. The lowest BCUT2D eigenvalue weighted by Gasteiger charge is -2.33. The van der Waals surface area contributed by atoms with E-state index >= 15 is 0 Å². The number of piperazine rings is 1. The van der Waals surface area contributed by atoms with Crippen LogP contribution in [-0.2, 0) is 23.2 Å². The van der Waals surface area contributed by atoms with Gasteiger partial charge in [0.05, 0.1) is 10.0 Å². The van der Waals surface area contributed by atoms with Crippen LogP contribution in [-0.4, -0.2) is 48.8 Å². The van der Waals surface area contributed by atoms with Crippen molar-refractivity contribution in [2.24, 2.45) is 0 Å². The van der Waals surface area contributed by atoms with Crippen molar-refractivity contribution in [2.75, 3.05) is 26.2 Å². The van der Waals surface area contributed by atoms with Crippen LogP contribution >= 0.6 is 45.9 Å². The number of sulfonamides is 1. The van der Waals surface area contributed by atoms with Gasteiger partial charge in [0.15, 0.2) is 0 Å². The van der Waals surface area contributed by atoms with Crippen molar-refractivity contribution in [1.29, 1.82) is 0 Å². The Labute approximate surface area is 193 Å². The van der Waals surface area contributed by atoms with Crippen LogP contribution < -0.4 is 4.74 Å². The maximum atomic E-state index is 12.7. The molecule has 1 aliphatic heterocycles. The smallest absolute Gasteiger partial charge is 0.252 e. The molecule has 30 heavy (non-hydrogen) atoms. The molecule has 0 spiro atoms. The fraction of sp³-hybridized carbons (Fsp3) is 0.316. The second kappa shape index (κ2) is 9.52. The number of halogens is 2. The Bertz CT molecular complexity index is 1090. The van der Waals surface area contributed by atoms with Crippen molar-refractivity contribution >= 4 is 55.9 Å². The third-order valence-corrected chi connectivity index (χ3v) is 9.36. The van der Waals surface area contributed by atoms with Crippen molar-refractivity contribution in [3.05, 3.63) is 61.8 Å². The standard InChI is InChI=1S/C19H19Cl2N3O3S3/c20-14-1-3-16(4-2-14)27-12-18-22-15(13-28-18)11-23-7-9-24(10-8-23)30(25,26)19-6-5-17(21)29-19/h1-6,13H,7-12H2. The van der Waals surface area contributed by atoms with Gasteiger partial charge < -0.3 is 4.74 Å². The van der Waals surface area contributed by atoms with Gasteiger partial charge in [-0.05, 0) is 36.4 Å². The molecule has 0 aliphatic carbocycles. The summed E-state index contributed by atoms with van der Waals surface area (Å²) in [5.41, 5.74) is 0.969. The van der Waals surface area contributed by atoms with Gasteiger partial charge in [-0.2, -0.15) is 4.31 Å². The zero-order chi connectivity index (χ0) is 21.1. The van der Waals surface area contributed by atoms with Gasteiger partial charge in [-0.15, -0.1) is 22.7 Å². The largest absolute Gasteiger partial charge is 0.486 e. The molecule has 0 atom stereocenters. The van der Waals surface area contributed by atoms with Gasteiger partial charge in [-0.3, -0.25) is 4.90 Å². The number of rotatable bonds is 7. The van der Waals surface area contributed by atoms with Gasteiger partial charge in [-0.1, -0.05) is 23.2 Å². The quantitative estimate of drug-likeness (QED) is 0.471. The number of ether oxygens (including phenoxy) is 1. The maximum absolute atomic E-state index is 12.7. The molecule has 1 saturated heterocycles. The van der Waals surface area contributed by atoms with E-state index in [4.69, 9.17) is 27.9 Å². The molecular weight excluding hydrogens is 485 g/mol. The van der Waals surface area contributed by atoms with Gasteiger partial charge in [0.2, 0.25) is 0 Å². The number of thiazole rings is 1. The van der Waals surface area contributed by atoms with Crippen LogP contribution in [0.2, 0.25) is 9.36 Å². The van der Waals surface area contributed by atoms with E-state index in [1.807, 2.05) is 17.5 Å². The molecule has 0 radical (unpaired) electrons. The molecule has 2 aromatic heterocycles. The topological polar surface area (TPSA) is 62.7 Å². The molecule has 1 aliphatic rings. The fourth-order valence-corrected chi connectivity index (χ4v) is 6.97. The monoisotopic (exact) mass is 503 g/mol. The van der Waals surface area contributed by atoms with E-state index in [1.165, 1.54) is 4.31 Å². The Hall–Kier alpha value is -1.20. The number of benzene rings is 1. The minimum atomic E-state index is -3.47. The summed E-state index contributed by atoms with van der Waals surface area (Å²) in [6.07, 6.45) is 0. The minimum absolute atomic E-state index is 0.297. The third kappa shape index (κ3) is 5.34. The summed E-state index contributed by atoms with van der Waals surface area (Å²) in [4.78, 5) is 6.85. The zero-order valence-corrected chi connectivity index (χ0v) is 19.8. The van der Waals surface area contributed by atoms with Crippen LogP contribution in [0.3, 0.4) is 0 Å². The van der Waals surface area contributed by atoms with E-state index in [0.717, 1.165) is 27.8 Å². The van der Waals surface area contributed by atoms with E-state index in [-0.39, 0.29) is 0 Å². The number of hydrogen-bond acceptors (Lipinski definition) is 7. The van der Waals surface area contributed by atoms with E-state index in [2.05, 4.69) is 9.88 Å². The summed E-state index contributed by atoms with van der Waals surface area (Å²) >= 11 is 14.4. The molecule has 0 unspecified atom stereocenters. The highest BCUT2D eigenvalue weighted by atomic mass is 35.5. The summed E-state index contributed by atoms with van der Waals surface area (Å²) in [5, 5.41) is 3.60. The Balaban J connectivity index is 1.28. The van der Waals surface area contributed by atoms with Crippen molar-refractivity contribution < 1.29 is 13.2 Å². The lowest BCUT2D eigenvalue weighted by atomic mass is 10.3. The maximum Gasteiger partial charge on any atom is 0.252 e. The first-order valence-corrected chi connectivity index (χ1v) is 13.1. The first-order valence-electron chi connectivity index (χ1n) is 9.20. The van der Waals surface area contributed by atoms with E-state index in [0.29, 0.717) is 52.9 Å². The lowest BCUT2D eigenvalue weighted by Crippen LogP contribution is -2.48. The van der Waals surface area contributed by atoms with E-state index < -0.39 is 10.0 Å². The van der Waals surface area contributed by atoms with Crippen LogP contribution in [0, 0.1) is 0 Å². The Morgan fingerprint density at radius 3 is 2.43 bits per heavy atom. The second-order valence-electron chi connectivity index (χ2n) is 6.71. The Kier molecular flexibility index (Phi) is 6.98. The SMILES string of the molecule is O=S(=O)(c1ccc(Cl)s1)N1CCN(Cc2csc(COc3ccc(Cl)cc3)n2)CC1. The molecule has 0 amide bonds. The predicted molar refractivity (Wildman–Crippen MR) is 121 cm³/mol. The first kappa shape index (κ1) is 22.0. The number of aromatic nitrogens is 1. The molecule has 0 bridgehead atoms. The molecule has 6 nitrogen and oxygen atoms in total. The summed E-state index contributed by atoms with van der Waals surface area (Å²) in [7, 11) is -3.47. The second-order valence-corrected chi connectivity index (χ2v) is 12.0. The summed E-state index contributed by atoms with van der Waals surface area (Å²) in [5.74, 6) is 0.750. The van der Waals surface area contributed by atoms with Crippen molar-refractivity contribution in [1.82, 2.24) is 14.2 Å². The fourth-order valence-electron chi connectivity index (χ4n) is 3.08. The number of hydrogen-bond donors (Lipinski definition) is 0. The van der Waals surface area contributed by atoms with E-state index in [9.17, 15) is 8.42 Å². The van der Waals surface area contributed by atoms with Gasteiger partial charge in [0.1, 0.15) is 21.6 Å². The lowest BCUT2D eigenvalue weighted by molar-refractivity contribution is 0.180. The zero-order valence-electron chi connectivity index (χ0n) is 15.8. The highest BCUT2D eigenvalue weighted by Gasteiger charge is 2.29. The van der Waals surface area contributed by atoms with Crippen LogP contribution in [0.5, 0.6) is 5.75 Å². The molecule has 4 rings (SSSR count). The van der Waals surface area contributed by atoms with Crippen LogP contribution in [0.1, 0.15) is 10.7 Å². The van der Waals surface area contributed by atoms with Crippen LogP contribution in [0.15, 0.2) is 46.0 Å². The molecule has 0 saturated carbocycles.